The highest BCUT2D eigenvalue weighted by molar-refractivity contribution is 5.68. The average molecular weight is 341 g/mol. The summed E-state index contributed by atoms with van der Waals surface area (Å²) in [7, 11) is 0. The maximum absolute atomic E-state index is 11.4. The maximum atomic E-state index is 11.4. The van der Waals surface area contributed by atoms with Crippen LogP contribution in [-0.2, 0) is 33.3 Å². The molecule has 0 aromatic rings. The molecule has 0 radical (unpaired) electrons. The van der Waals surface area contributed by atoms with Gasteiger partial charge in [-0.2, -0.15) is 0 Å². The van der Waals surface area contributed by atoms with E-state index in [1.165, 1.54) is 20.8 Å². The number of hydrogen-bond acceptors (Lipinski definition) is 10. The summed E-state index contributed by atoms with van der Waals surface area (Å²) in [5, 5.41) is 9.79. The van der Waals surface area contributed by atoms with Crippen LogP contribution in [-0.4, -0.2) is 65.4 Å². The molecule has 1 N–H and O–H groups in total. The molecule has 130 valence electrons. The van der Waals surface area contributed by atoms with E-state index in [0.29, 0.717) is 0 Å². The van der Waals surface area contributed by atoms with Crippen molar-refractivity contribution in [1.29, 1.82) is 0 Å². The molecule has 0 aliphatic carbocycles. The van der Waals surface area contributed by atoms with Gasteiger partial charge in [0.1, 0.15) is 12.7 Å². The van der Waals surface area contributed by atoms with E-state index in [2.05, 4.69) is 11.3 Å². The lowest BCUT2D eigenvalue weighted by atomic mass is 10.1. The number of aliphatic imine (C=N–C) groups is 1. The Balaban J connectivity index is 2.26. The molecule has 1 saturated heterocycles. The molecule has 1 fully saturated rings. The van der Waals surface area contributed by atoms with Gasteiger partial charge in [0.15, 0.2) is 12.2 Å². The minimum absolute atomic E-state index is 0.225. The summed E-state index contributed by atoms with van der Waals surface area (Å²) in [6.45, 7) is 3.35. The van der Waals surface area contributed by atoms with Gasteiger partial charge in [-0.15, -0.1) is 4.90 Å². The Kier molecular flexibility index (Phi) is 5.32. The predicted molar refractivity (Wildman–Crippen MR) is 76.4 cm³/mol. The van der Waals surface area contributed by atoms with Gasteiger partial charge < -0.3 is 24.1 Å². The SMILES string of the molecule is CC(=O)OC[C@H]1O[C@@H](N2[C+]=NC=C2O)[C@H](OC(C)=O)[C@@H]1OC(C)=O. The first-order valence-corrected chi connectivity index (χ1v) is 7.06. The lowest BCUT2D eigenvalue weighted by molar-refractivity contribution is -0.166. The first kappa shape index (κ1) is 17.6. The zero-order chi connectivity index (χ0) is 17.9. The summed E-state index contributed by atoms with van der Waals surface area (Å²) in [4.78, 5) is 38.5. The molecule has 0 saturated carbocycles. The molecule has 0 unspecified atom stereocenters. The van der Waals surface area contributed by atoms with Gasteiger partial charge in [0.25, 0.3) is 6.34 Å². The van der Waals surface area contributed by atoms with E-state index in [1.54, 1.807) is 0 Å². The Labute approximate surface area is 137 Å². The minimum Gasteiger partial charge on any atom is -0.463 e. The number of nitrogens with zero attached hydrogens (tertiary/aromatic N) is 2. The van der Waals surface area contributed by atoms with Gasteiger partial charge in [0.05, 0.1) is 0 Å². The Morgan fingerprint density at radius 2 is 1.83 bits per heavy atom. The molecule has 2 aliphatic heterocycles. The number of rotatable bonds is 5. The van der Waals surface area contributed by atoms with E-state index in [-0.39, 0.29) is 12.5 Å². The summed E-state index contributed by atoms with van der Waals surface area (Å²) >= 11 is 0. The standard InChI is InChI=1S/C14H16N2O8/c1-7(17)21-5-10-12(22-8(2)18)13(23-9(3)19)14(24-10)16-6-15-4-11(16)20/h4,10,12-14H,5H2,1-3H3/p+1/t10-,12-,13-,14-/m1/s1. The molecular formula is C14H17N2O8+. The lowest BCUT2D eigenvalue weighted by Gasteiger charge is -2.23. The normalized spacial score (nSPS) is 28.1. The fourth-order valence-electron chi connectivity index (χ4n) is 2.35. The molecular weight excluding hydrogens is 324 g/mol. The Morgan fingerprint density at radius 3 is 2.33 bits per heavy atom. The van der Waals surface area contributed by atoms with Crippen molar-refractivity contribution < 1.29 is 38.4 Å². The first-order valence-electron chi connectivity index (χ1n) is 7.06. The molecule has 0 amide bonds. The van der Waals surface area contributed by atoms with E-state index < -0.39 is 42.4 Å². The second-order valence-corrected chi connectivity index (χ2v) is 5.10. The van der Waals surface area contributed by atoms with E-state index in [9.17, 15) is 19.5 Å². The van der Waals surface area contributed by atoms with Crippen molar-refractivity contribution in [1.82, 2.24) is 4.90 Å². The Morgan fingerprint density at radius 1 is 1.21 bits per heavy atom. The molecule has 0 aromatic carbocycles. The smallest absolute Gasteiger partial charge is 0.373 e. The zero-order valence-corrected chi connectivity index (χ0v) is 13.3. The van der Waals surface area contributed by atoms with E-state index in [0.717, 1.165) is 11.1 Å². The molecule has 2 heterocycles. The predicted octanol–water partition coefficient (Wildman–Crippen LogP) is -0.284. The number of esters is 3. The number of hydrogen-bond donors (Lipinski definition) is 1. The van der Waals surface area contributed by atoms with Gasteiger partial charge in [-0.05, 0) is 4.99 Å². The summed E-state index contributed by atoms with van der Waals surface area (Å²) in [6, 6.07) is 0. The van der Waals surface area contributed by atoms with Crippen LogP contribution in [0.5, 0.6) is 0 Å². The van der Waals surface area contributed by atoms with Crippen LogP contribution >= 0.6 is 0 Å². The molecule has 4 atom stereocenters. The average Bonchev–Trinajstić information content (AvgIpc) is 3.01. The molecule has 2 aliphatic rings. The second-order valence-electron chi connectivity index (χ2n) is 5.10. The van der Waals surface area contributed by atoms with Crippen LogP contribution in [0, 0.1) is 0 Å². The third-order valence-corrected chi connectivity index (χ3v) is 3.19. The molecule has 2 rings (SSSR count). The summed E-state index contributed by atoms with van der Waals surface area (Å²) in [5.74, 6) is -2.11. The maximum Gasteiger partial charge on any atom is 0.373 e. The van der Waals surface area contributed by atoms with E-state index in [1.807, 2.05) is 0 Å². The highest BCUT2D eigenvalue weighted by Gasteiger charge is 2.55. The molecule has 10 nitrogen and oxygen atoms in total. The monoisotopic (exact) mass is 341 g/mol. The number of aliphatic hydroxyl groups is 1. The van der Waals surface area contributed by atoms with Crippen LogP contribution in [0.25, 0.3) is 0 Å². The van der Waals surface area contributed by atoms with Crippen LogP contribution in [0.2, 0.25) is 0 Å². The summed E-state index contributed by atoms with van der Waals surface area (Å²) < 4.78 is 20.9. The third kappa shape index (κ3) is 3.98. The van der Waals surface area contributed by atoms with Gasteiger partial charge in [-0.25, -0.2) is 0 Å². The minimum atomic E-state index is -1.08. The van der Waals surface area contributed by atoms with Crippen LogP contribution in [0.1, 0.15) is 20.8 Å². The number of ether oxygens (including phenoxy) is 4. The van der Waals surface area contributed by atoms with Crippen molar-refractivity contribution >= 4 is 24.2 Å². The topological polar surface area (TPSA) is 124 Å². The van der Waals surface area contributed by atoms with Gasteiger partial charge in [0.2, 0.25) is 12.4 Å². The molecule has 0 aromatic heterocycles. The van der Waals surface area contributed by atoms with Crippen molar-refractivity contribution in [2.75, 3.05) is 6.61 Å². The van der Waals surface area contributed by atoms with Crippen LogP contribution in [0.15, 0.2) is 17.1 Å². The van der Waals surface area contributed by atoms with Gasteiger partial charge in [-0.3, -0.25) is 14.4 Å². The van der Waals surface area contributed by atoms with Gasteiger partial charge >= 0.3 is 23.8 Å². The third-order valence-electron chi connectivity index (χ3n) is 3.19. The van der Waals surface area contributed by atoms with Crippen LogP contribution < -0.4 is 0 Å². The Hall–Kier alpha value is -2.71. The first-order chi connectivity index (χ1) is 11.3. The second kappa shape index (κ2) is 7.24. The zero-order valence-electron chi connectivity index (χ0n) is 13.3. The summed E-state index contributed by atoms with van der Waals surface area (Å²) in [6.07, 6.45) is -0.490. The van der Waals surface area contributed by atoms with Crippen molar-refractivity contribution in [3.63, 3.8) is 0 Å². The van der Waals surface area contributed by atoms with Gasteiger partial charge in [0, 0.05) is 20.8 Å². The number of carbonyl (C=O) groups excluding carboxylic acids is 3. The van der Waals surface area contributed by atoms with Crippen molar-refractivity contribution in [2.24, 2.45) is 4.99 Å². The summed E-state index contributed by atoms with van der Waals surface area (Å²) in [5.41, 5.74) is 0. The van der Waals surface area contributed by atoms with Crippen molar-refractivity contribution in [2.45, 2.75) is 45.3 Å². The van der Waals surface area contributed by atoms with Gasteiger partial charge in [-0.1, -0.05) is 0 Å². The Bertz CT molecular complexity index is 587. The quantitative estimate of drug-likeness (QED) is 0.408. The van der Waals surface area contributed by atoms with E-state index in [4.69, 9.17) is 18.9 Å². The largest absolute Gasteiger partial charge is 0.463 e. The fraction of sp³-hybridized carbons (Fsp3) is 0.571. The van der Waals surface area contributed by atoms with E-state index >= 15 is 0 Å². The fourth-order valence-corrected chi connectivity index (χ4v) is 2.35. The number of aliphatic hydroxyl groups excluding tert-OH is 1. The highest BCUT2D eigenvalue weighted by Crippen LogP contribution is 2.31. The number of carbonyl (C=O) groups is 3. The van der Waals surface area contributed by atoms with Crippen LogP contribution in [0.3, 0.4) is 0 Å². The molecule has 0 spiro atoms. The molecule has 24 heavy (non-hydrogen) atoms. The molecule has 0 bridgehead atoms. The highest BCUT2D eigenvalue weighted by atomic mass is 16.7. The van der Waals surface area contributed by atoms with Crippen LogP contribution in [0.4, 0.5) is 0 Å². The lowest BCUT2D eigenvalue weighted by Crippen LogP contribution is -2.46. The van der Waals surface area contributed by atoms with Crippen molar-refractivity contribution in [3.05, 3.63) is 12.1 Å². The van der Waals surface area contributed by atoms with Crippen molar-refractivity contribution in [3.8, 4) is 0 Å². The molecule has 10 heteroatoms.